The SMILES string of the molecule is CC1(C)CC(Br)c2c(Cl)ccc(Cl)c21. The fourth-order valence-electron chi connectivity index (χ4n) is 2.21. The Morgan fingerprint density at radius 1 is 1.29 bits per heavy atom. The third-order valence-corrected chi connectivity index (χ3v) is 4.25. The molecule has 0 spiro atoms. The maximum Gasteiger partial charge on any atom is 0.0453 e. The van der Waals surface area contributed by atoms with Crippen molar-refractivity contribution in [3.8, 4) is 0 Å². The Labute approximate surface area is 103 Å². The summed E-state index contributed by atoms with van der Waals surface area (Å²) in [6, 6.07) is 3.76. The minimum absolute atomic E-state index is 0.117. The lowest BCUT2D eigenvalue weighted by atomic mass is 9.86. The molecule has 0 amide bonds. The van der Waals surface area contributed by atoms with Gasteiger partial charge in [0.15, 0.2) is 0 Å². The molecule has 3 heteroatoms. The molecule has 0 nitrogen and oxygen atoms in total. The van der Waals surface area contributed by atoms with Gasteiger partial charge in [0.1, 0.15) is 0 Å². The Morgan fingerprint density at radius 3 is 2.43 bits per heavy atom. The van der Waals surface area contributed by atoms with E-state index in [4.69, 9.17) is 23.2 Å². The summed E-state index contributed by atoms with van der Waals surface area (Å²) in [4.78, 5) is 0.332. The third-order valence-electron chi connectivity index (χ3n) is 2.82. The van der Waals surface area contributed by atoms with Crippen LogP contribution in [-0.2, 0) is 5.41 Å². The van der Waals surface area contributed by atoms with Crippen molar-refractivity contribution in [1.29, 1.82) is 0 Å². The van der Waals surface area contributed by atoms with Crippen molar-refractivity contribution in [3.63, 3.8) is 0 Å². The molecule has 0 heterocycles. The Hall–Kier alpha value is 0.280. The number of alkyl halides is 1. The second-order valence-corrected chi connectivity index (χ2v) is 6.29. The van der Waals surface area contributed by atoms with E-state index in [1.165, 1.54) is 11.1 Å². The summed E-state index contributed by atoms with van der Waals surface area (Å²) in [6.07, 6.45) is 1.05. The minimum Gasteiger partial charge on any atom is -0.0840 e. The lowest BCUT2D eigenvalue weighted by Crippen LogP contribution is -2.12. The number of benzene rings is 1. The summed E-state index contributed by atoms with van der Waals surface area (Å²) in [5, 5.41) is 1.65. The van der Waals surface area contributed by atoms with Crippen LogP contribution in [0.2, 0.25) is 10.0 Å². The average molecular weight is 294 g/mol. The second kappa shape index (κ2) is 3.40. The zero-order valence-corrected chi connectivity index (χ0v) is 11.2. The van der Waals surface area contributed by atoms with Crippen molar-refractivity contribution in [2.45, 2.75) is 30.5 Å². The summed E-state index contributed by atoms with van der Waals surface area (Å²) < 4.78 is 0. The third kappa shape index (κ3) is 1.50. The van der Waals surface area contributed by atoms with E-state index in [1.807, 2.05) is 12.1 Å². The van der Waals surface area contributed by atoms with Crippen LogP contribution in [0.1, 0.15) is 36.2 Å². The highest BCUT2D eigenvalue weighted by molar-refractivity contribution is 9.09. The fourth-order valence-corrected chi connectivity index (χ4v) is 4.34. The lowest BCUT2D eigenvalue weighted by Gasteiger charge is -2.20. The van der Waals surface area contributed by atoms with Gasteiger partial charge < -0.3 is 0 Å². The van der Waals surface area contributed by atoms with Crippen molar-refractivity contribution in [1.82, 2.24) is 0 Å². The van der Waals surface area contributed by atoms with Gasteiger partial charge in [-0.25, -0.2) is 0 Å². The van der Waals surface area contributed by atoms with Crippen LogP contribution in [0.5, 0.6) is 0 Å². The van der Waals surface area contributed by atoms with Crippen LogP contribution in [0.15, 0.2) is 12.1 Å². The van der Waals surface area contributed by atoms with Gasteiger partial charge in [-0.15, -0.1) is 0 Å². The first-order valence-electron chi connectivity index (χ1n) is 4.56. The van der Waals surface area contributed by atoms with Crippen LogP contribution in [0.25, 0.3) is 0 Å². The monoisotopic (exact) mass is 292 g/mol. The van der Waals surface area contributed by atoms with E-state index >= 15 is 0 Å². The van der Waals surface area contributed by atoms with Crippen molar-refractivity contribution < 1.29 is 0 Å². The van der Waals surface area contributed by atoms with Gasteiger partial charge in [-0.05, 0) is 35.1 Å². The van der Waals surface area contributed by atoms with E-state index in [9.17, 15) is 0 Å². The smallest absolute Gasteiger partial charge is 0.0453 e. The molecule has 76 valence electrons. The van der Waals surface area contributed by atoms with Crippen molar-refractivity contribution in [2.24, 2.45) is 0 Å². The molecule has 0 N–H and O–H groups in total. The Balaban J connectivity index is 2.73. The van der Waals surface area contributed by atoms with E-state index in [0.29, 0.717) is 4.83 Å². The van der Waals surface area contributed by atoms with Gasteiger partial charge >= 0.3 is 0 Å². The molecule has 0 saturated heterocycles. The molecule has 14 heavy (non-hydrogen) atoms. The van der Waals surface area contributed by atoms with Crippen LogP contribution in [0.3, 0.4) is 0 Å². The summed E-state index contributed by atoms with van der Waals surface area (Å²) in [7, 11) is 0. The van der Waals surface area contributed by atoms with E-state index in [2.05, 4.69) is 29.8 Å². The molecule has 0 fully saturated rings. The van der Waals surface area contributed by atoms with Crippen LogP contribution in [0, 0.1) is 0 Å². The Kier molecular flexibility index (Phi) is 2.62. The first-order chi connectivity index (χ1) is 6.43. The fraction of sp³-hybridized carbons (Fsp3) is 0.455. The molecule has 0 saturated carbocycles. The molecular weight excluding hydrogens is 283 g/mol. The number of hydrogen-bond donors (Lipinski definition) is 0. The normalized spacial score (nSPS) is 23.6. The molecule has 1 aromatic rings. The first kappa shape index (κ1) is 10.8. The van der Waals surface area contributed by atoms with E-state index < -0.39 is 0 Å². The van der Waals surface area contributed by atoms with Crippen LogP contribution in [-0.4, -0.2) is 0 Å². The minimum atomic E-state index is 0.117. The highest BCUT2D eigenvalue weighted by Crippen LogP contribution is 2.53. The largest absolute Gasteiger partial charge is 0.0840 e. The maximum atomic E-state index is 6.21. The molecule has 2 rings (SSSR count). The van der Waals surface area contributed by atoms with Gasteiger partial charge in [-0.1, -0.05) is 53.0 Å². The second-order valence-electron chi connectivity index (χ2n) is 4.37. The molecule has 1 unspecified atom stereocenters. The van der Waals surface area contributed by atoms with Gasteiger partial charge in [0.05, 0.1) is 0 Å². The summed E-state index contributed by atoms with van der Waals surface area (Å²) in [6.45, 7) is 4.41. The summed E-state index contributed by atoms with van der Waals surface area (Å²) >= 11 is 16.0. The van der Waals surface area contributed by atoms with Crippen LogP contribution >= 0.6 is 39.1 Å². The molecule has 1 aliphatic rings. The zero-order chi connectivity index (χ0) is 10.5. The summed E-state index contributed by atoms with van der Waals surface area (Å²) in [5.74, 6) is 0. The number of rotatable bonds is 0. The predicted octanol–water partition coefficient (Wildman–Crippen LogP) is 5.11. The molecule has 1 aromatic carbocycles. The highest BCUT2D eigenvalue weighted by Gasteiger charge is 2.38. The lowest BCUT2D eigenvalue weighted by molar-refractivity contribution is 0.521. The number of fused-ring (bicyclic) bond motifs is 1. The van der Waals surface area contributed by atoms with Gasteiger partial charge in [0, 0.05) is 14.9 Å². The van der Waals surface area contributed by atoms with Crippen molar-refractivity contribution >= 4 is 39.1 Å². The molecule has 0 radical (unpaired) electrons. The summed E-state index contributed by atoms with van der Waals surface area (Å²) in [5.41, 5.74) is 2.49. The number of halogens is 3. The predicted molar refractivity (Wildman–Crippen MR) is 65.8 cm³/mol. The zero-order valence-electron chi connectivity index (χ0n) is 8.07. The van der Waals surface area contributed by atoms with Gasteiger partial charge in [-0.3, -0.25) is 0 Å². The quantitative estimate of drug-likeness (QED) is 0.583. The van der Waals surface area contributed by atoms with E-state index in [1.54, 1.807) is 0 Å². The molecule has 1 aliphatic carbocycles. The average Bonchev–Trinajstić information content (AvgIpc) is 2.30. The molecule has 1 atom stereocenters. The maximum absolute atomic E-state index is 6.21. The van der Waals surface area contributed by atoms with Gasteiger partial charge in [0.2, 0.25) is 0 Å². The topological polar surface area (TPSA) is 0 Å². The molecular formula is C11H11BrCl2. The van der Waals surface area contributed by atoms with E-state index in [0.717, 1.165) is 16.5 Å². The molecule has 0 aliphatic heterocycles. The highest BCUT2D eigenvalue weighted by atomic mass is 79.9. The Morgan fingerprint density at radius 2 is 1.86 bits per heavy atom. The van der Waals surface area contributed by atoms with Crippen LogP contribution in [0.4, 0.5) is 0 Å². The first-order valence-corrected chi connectivity index (χ1v) is 6.23. The molecule has 0 aromatic heterocycles. The standard InChI is InChI=1S/C11H11BrCl2/c1-11(2)5-6(12)9-7(13)3-4-8(14)10(9)11/h3-4,6H,5H2,1-2H3. The molecule has 0 bridgehead atoms. The van der Waals surface area contributed by atoms with E-state index in [-0.39, 0.29) is 5.41 Å². The Bertz CT molecular complexity index is 385. The van der Waals surface area contributed by atoms with Gasteiger partial charge in [0.25, 0.3) is 0 Å². The van der Waals surface area contributed by atoms with Crippen molar-refractivity contribution in [3.05, 3.63) is 33.3 Å². The van der Waals surface area contributed by atoms with Gasteiger partial charge in [-0.2, -0.15) is 0 Å². The van der Waals surface area contributed by atoms with Crippen LogP contribution < -0.4 is 0 Å². The van der Waals surface area contributed by atoms with Crippen molar-refractivity contribution in [2.75, 3.05) is 0 Å². The number of hydrogen-bond acceptors (Lipinski definition) is 0.